The lowest BCUT2D eigenvalue weighted by molar-refractivity contribution is 0.397. The summed E-state index contributed by atoms with van der Waals surface area (Å²) < 4.78 is 2.04. The predicted molar refractivity (Wildman–Crippen MR) is 272 cm³/mol. The van der Waals surface area contributed by atoms with E-state index in [9.17, 15) is 0 Å². The van der Waals surface area contributed by atoms with Crippen molar-refractivity contribution >= 4 is 83.9 Å². The van der Waals surface area contributed by atoms with Gasteiger partial charge in [0.2, 0.25) is 0 Å². The van der Waals surface area contributed by atoms with Crippen LogP contribution in [0.4, 0.5) is 0 Å². The number of thioether (sulfide) groups is 2. The van der Waals surface area contributed by atoms with E-state index in [1.807, 2.05) is 23.1 Å². The molecule has 4 heterocycles. The number of hydrogen-bond acceptors (Lipinski definition) is 6. The maximum Gasteiger partial charge on any atom is 0.0841 e. The lowest BCUT2D eigenvalue weighted by atomic mass is 9.71. The van der Waals surface area contributed by atoms with Crippen molar-refractivity contribution in [3.63, 3.8) is 0 Å². The molecule has 0 fully saturated rings. The molecule has 0 spiro atoms. The van der Waals surface area contributed by atoms with Crippen LogP contribution in [-0.2, 0) is 5.41 Å². The highest BCUT2D eigenvalue weighted by molar-refractivity contribution is 8.32. The Labute approximate surface area is 378 Å². The molecule has 0 nitrogen and oxygen atoms in total. The van der Waals surface area contributed by atoms with Gasteiger partial charge in [-0.3, -0.25) is 0 Å². The Hall–Kier alpha value is -0.240. The number of hydrogen-bond donors (Lipinski definition) is 0. The van der Waals surface area contributed by atoms with Crippen LogP contribution in [0.1, 0.15) is 254 Å². The van der Waals surface area contributed by atoms with E-state index in [0.717, 1.165) is 8.39 Å². The van der Waals surface area contributed by atoms with Gasteiger partial charge in [0.15, 0.2) is 0 Å². The quantitative estimate of drug-likeness (QED) is 0.0530. The van der Waals surface area contributed by atoms with Gasteiger partial charge in [-0.05, 0) is 53.8 Å². The third-order valence-electron chi connectivity index (χ3n) is 13.1. The number of thiocarbonyl (C=S) groups is 2. The summed E-state index contributed by atoms with van der Waals surface area (Å²) in [5, 5.41) is 0. The van der Waals surface area contributed by atoms with Crippen LogP contribution in [0, 0.1) is 0 Å². The van der Waals surface area contributed by atoms with Crippen LogP contribution in [0.3, 0.4) is 0 Å². The fourth-order valence-electron chi connectivity index (χ4n) is 9.64. The van der Waals surface area contributed by atoms with E-state index in [1.165, 1.54) is 218 Å². The smallest absolute Gasteiger partial charge is 0.0841 e. The first-order valence-electron chi connectivity index (χ1n) is 24.0. The van der Waals surface area contributed by atoms with E-state index >= 15 is 0 Å². The van der Waals surface area contributed by atoms with E-state index < -0.39 is 0 Å². The molecule has 2 aromatic heterocycles. The second-order valence-corrected chi connectivity index (χ2v) is 23.8. The first-order chi connectivity index (χ1) is 27.8. The maximum atomic E-state index is 5.97. The fourth-order valence-corrected chi connectivity index (χ4v) is 15.8. The van der Waals surface area contributed by atoms with E-state index in [2.05, 4.69) is 58.1 Å². The summed E-state index contributed by atoms with van der Waals surface area (Å²) in [5.74, 6) is 0.569. The van der Waals surface area contributed by atoms with Crippen LogP contribution in [0.2, 0.25) is 0 Å². The molecule has 0 atom stereocenters. The monoisotopic (exact) mass is 882 g/mol. The maximum absolute atomic E-state index is 5.97. The van der Waals surface area contributed by atoms with Crippen LogP contribution < -0.4 is 0 Å². The molecule has 3 aliphatic rings. The molecule has 2 aromatic rings. The van der Waals surface area contributed by atoms with E-state index in [1.54, 1.807) is 37.5 Å². The summed E-state index contributed by atoms with van der Waals surface area (Å²) in [4.78, 5) is 8.77. The van der Waals surface area contributed by atoms with Crippen LogP contribution >= 0.6 is 70.6 Å². The van der Waals surface area contributed by atoms with Crippen LogP contribution in [0.5, 0.6) is 0 Å². The van der Waals surface area contributed by atoms with Crippen molar-refractivity contribution in [3.05, 3.63) is 49.1 Å². The van der Waals surface area contributed by atoms with Gasteiger partial charge in [0.1, 0.15) is 0 Å². The molecule has 0 saturated heterocycles. The minimum atomic E-state index is 0.145. The van der Waals surface area contributed by atoms with Crippen LogP contribution in [-0.4, -0.2) is 8.39 Å². The van der Waals surface area contributed by atoms with Crippen molar-refractivity contribution in [1.82, 2.24) is 0 Å². The molecule has 318 valence electrons. The molecular formula is C51H78S6. The van der Waals surface area contributed by atoms with Gasteiger partial charge in [0.05, 0.1) is 8.39 Å². The van der Waals surface area contributed by atoms with Gasteiger partial charge in [-0.25, -0.2) is 0 Å². The average molecular weight is 884 g/mol. The summed E-state index contributed by atoms with van der Waals surface area (Å²) in [7, 11) is 0. The number of rotatable bonds is 32. The van der Waals surface area contributed by atoms with Crippen molar-refractivity contribution in [2.75, 3.05) is 0 Å². The molecule has 0 unspecified atom stereocenters. The summed E-state index contributed by atoms with van der Waals surface area (Å²) in [6.07, 6.45) is 42.3. The number of fused-ring (bicyclic) bond motifs is 4. The van der Waals surface area contributed by atoms with Crippen molar-refractivity contribution in [2.45, 2.75) is 239 Å². The largest absolute Gasteiger partial charge is 0.139 e. The second-order valence-electron chi connectivity index (χ2n) is 18.1. The topological polar surface area (TPSA) is 0 Å². The van der Waals surface area contributed by atoms with E-state index in [4.69, 9.17) is 24.4 Å². The highest BCUT2D eigenvalue weighted by Crippen LogP contribution is 2.63. The first kappa shape index (κ1) is 47.8. The molecular weight excluding hydrogens is 805 g/mol. The first-order valence-corrected chi connectivity index (χ1v) is 28.1. The zero-order valence-electron chi connectivity index (χ0n) is 36.9. The molecule has 0 bridgehead atoms. The van der Waals surface area contributed by atoms with E-state index in [0.29, 0.717) is 5.92 Å². The van der Waals surface area contributed by atoms with Gasteiger partial charge in [-0.15, -0.1) is 22.7 Å². The van der Waals surface area contributed by atoms with Crippen molar-refractivity contribution in [1.29, 1.82) is 0 Å². The van der Waals surface area contributed by atoms with Crippen molar-refractivity contribution < 1.29 is 0 Å². The van der Waals surface area contributed by atoms with Crippen LogP contribution in [0.25, 0.3) is 14.7 Å². The number of allylic oxidation sites excluding steroid dienone is 1. The van der Waals surface area contributed by atoms with Crippen LogP contribution in [0.15, 0.2) is 28.2 Å². The molecule has 2 aliphatic heterocycles. The SMILES string of the molecule is CCCCCCCCCCCCCCCCC1(CCCCCCCCCCCCCCCC)c2cc(C3=C4C(=S)SC(C)=C4C(=S)S3)sc2-c2sc(C(C)C)cc21. The highest BCUT2D eigenvalue weighted by atomic mass is 32.2. The Morgan fingerprint density at radius 1 is 0.491 bits per heavy atom. The zero-order valence-corrected chi connectivity index (χ0v) is 41.8. The molecule has 6 heteroatoms. The Bertz CT molecular complexity index is 1580. The van der Waals surface area contributed by atoms with Crippen molar-refractivity contribution in [3.8, 4) is 9.75 Å². The molecule has 0 radical (unpaired) electrons. The highest BCUT2D eigenvalue weighted by Gasteiger charge is 2.46. The van der Waals surface area contributed by atoms with Crippen molar-refractivity contribution in [2.24, 2.45) is 0 Å². The summed E-state index contributed by atoms with van der Waals surface area (Å²) in [6, 6.07) is 5.30. The lowest BCUT2D eigenvalue weighted by Crippen LogP contribution is -2.25. The Kier molecular flexibility index (Phi) is 21.5. The predicted octanol–water partition coefficient (Wildman–Crippen LogP) is 20.1. The molecule has 57 heavy (non-hydrogen) atoms. The number of thiophene rings is 2. The zero-order chi connectivity index (χ0) is 40.5. The third-order valence-corrected chi connectivity index (χ3v) is 18.8. The second kappa shape index (κ2) is 25.6. The van der Waals surface area contributed by atoms with Gasteiger partial charge in [-0.1, -0.05) is 255 Å². The fraction of sp³-hybridized carbons (Fsp3) is 0.725. The average Bonchev–Trinajstić information content (AvgIpc) is 4.00. The van der Waals surface area contributed by atoms with E-state index in [-0.39, 0.29) is 5.41 Å². The number of unbranched alkanes of at least 4 members (excludes halogenated alkanes) is 26. The molecule has 0 aromatic carbocycles. The van der Waals surface area contributed by atoms with Gasteiger partial charge in [0.25, 0.3) is 0 Å². The minimum Gasteiger partial charge on any atom is -0.139 e. The molecule has 0 amide bonds. The summed E-state index contributed by atoms with van der Waals surface area (Å²) in [6.45, 7) is 11.6. The lowest BCUT2D eigenvalue weighted by Gasteiger charge is -2.32. The Morgan fingerprint density at radius 2 is 0.877 bits per heavy atom. The summed E-state index contributed by atoms with van der Waals surface area (Å²) in [5.41, 5.74) is 5.99. The minimum absolute atomic E-state index is 0.145. The van der Waals surface area contributed by atoms with Gasteiger partial charge < -0.3 is 0 Å². The van der Waals surface area contributed by atoms with Gasteiger partial charge in [-0.2, -0.15) is 0 Å². The van der Waals surface area contributed by atoms with Gasteiger partial charge in [0, 0.05) is 41.0 Å². The molecule has 1 aliphatic carbocycles. The molecule has 0 saturated carbocycles. The Balaban J connectivity index is 1.21. The Morgan fingerprint density at radius 3 is 1.32 bits per heavy atom. The third kappa shape index (κ3) is 13.4. The summed E-state index contributed by atoms with van der Waals surface area (Å²) >= 11 is 19.7. The van der Waals surface area contributed by atoms with Gasteiger partial charge >= 0.3 is 0 Å². The molecule has 0 N–H and O–H groups in total. The normalized spacial score (nSPS) is 15.9. The standard InChI is InChI=1S/C51H78S6/c1-6-8-10-12-14-16-18-20-22-24-26-28-30-32-34-51(35-33-31-29-27-25-23-21-19-17-15-13-11-9-7-2)40-36-42(38(3)4)55-46(40)47-41(51)37-43(56-47)48-45-44(49(52)57-48)39(5)54-50(45)53/h36-38H,6-35H2,1-5H3. The molecule has 5 rings (SSSR count).